The number of hydrogen-bond acceptors (Lipinski definition) is 7. The van der Waals surface area contributed by atoms with Gasteiger partial charge in [-0.2, -0.15) is 0 Å². The minimum absolute atomic E-state index is 0. The summed E-state index contributed by atoms with van der Waals surface area (Å²) in [6, 6.07) is 23.3. The van der Waals surface area contributed by atoms with E-state index in [9.17, 15) is 18.3 Å². The van der Waals surface area contributed by atoms with Crippen molar-refractivity contribution in [3.63, 3.8) is 0 Å². The Hall–Kier alpha value is -2.40. The SMILES string of the molecule is COCCS(=O)(=O)NC(=O)c1ccc(-c2ccc(CCNC[C@H](O)c3ccccc3)cc2)cc1SC(C)C.Cl. The van der Waals surface area contributed by atoms with Crippen LogP contribution in [0, 0.1) is 0 Å². The molecule has 0 radical (unpaired) electrons. The van der Waals surface area contributed by atoms with E-state index in [2.05, 4.69) is 22.2 Å². The maximum absolute atomic E-state index is 12.8. The fraction of sp³-hybridized carbons (Fsp3) is 0.345. The zero-order valence-corrected chi connectivity index (χ0v) is 24.9. The molecular weight excluding hydrogens is 556 g/mol. The topological polar surface area (TPSA) is 105 Å². The predicted octanol–water partition coefficient (Wildman–Crippen LogP) is 4.85. The van der Waals surface area contributed by atoms with E-state index in [-0.39, 0.29) is 30.0 Å². The van der Waals surface area contributed by atoms with E-state index < -0.39 is 22.0 Å². The minimum atomic E-state index is -3.79. The Morgan fingerprint density at radius 1 is 1.00 bits per heavy atom. The molecule has 10 heteroatoms. The lowest BCUT2D eigenvalue weighted by Gasteiger charge is -2.14. The number of ether oxygens (including phenoxy) is 1. The lowest BCUT2D eigenvalue weighted by atomic mass is 10.0. The highest BCUT2D eigenvalue weighted by molar-refractivity contribution is 8.00. The molecule has 0 saturated carbocycles. The second-order valence-electron chi connectivity index (χ2n) is 9.20. The van der Waals surface area contributed by atoms with Gasteiger partial charge in [-0.05, 0) is 47.4 Å². The van der Waals surface area contributed by atoms with Crippen molar-refractivity contribution < 1.29 is 23.1 Å². The molecule has 3 aromatic carbocycles. The fourth-order valence-electron chi connectivity index (χ4n) is 3.81. The van der Waals surface area contributed by atoms with Gasteiger partial charge in [0.1, 0.15) is 0 Å². The zero-order chi connectivity index (χ0) is 27.5. The van der Waals surface area contributed by atoms with Crippen molar-refractivity contribution in [3.05, 3.63) is 89.5 Å². The highest BCUT2D eigenvalue weighted by Gasteiger charge is 2.20. The maximum atomic E-state index is 12.8. The minimum Gasteiger partial charge on any atom is -0.387 e. The smallest absolute Gasteiger partial charge is 0.265 e. The van der Waals surface area contributed by atoms with E-state index in [1.165, 1.54) is 24.4 Å². The second kappa shape index (κ2) is 16.0. The van der Waals surface area contributed by atoms with Crippen LogP contribution in [0.4, 0.5) is 0 Å². The monoisotopic (exact) mass is 592 g/mol. The number of methoxy groups -OCH3 is 1. The first kappa shape index (κ1) is 32.8. The van der Waals surface area contributed by atoms with E-state index in [1.54, 1.807) is 6.07 Å². The number of hydrogen-bond donors (Lipinski definition) is 3. The number of thioether (sulfide) groups is 1. The Labute approximate surface area is 242 Å². The van der Waals surface area contributed by atoms with Crippen LogP contribution in [0.5, 0.6) is 0 Å². The van der Waals surface area contributed by atoms with Gasteiger partial charge >= 0.3 is 0 Å². The van der Waals surface area contributed by atoms with Gasteiger partial charge in [0, 0.05) is 23.8 Å². The largest absolute Gasteiger partial charge is 0.387 e. The number of aliphatic hydroxyl groups is 1. The summed E-state index contributed by atoms with van der Waals surface area (Å²) in [5.74, 6) is -0.925. The predicted molar refractivity (Wildman–Crippen MR) is 161 cm³/mol. The van der Waals surface area contributed by atoms with E-state index in [1.807, 2.05) is 68.4 Å². The molecule has 0 aromatic heterocycles. The summed E-state index contributed by atoms with van der Waals surface area (Å²) in [5.41, 5.74) is 4.35. The van der Waals surface area contributed by atoms with Crippen LogP contribution in [0.2, 0.25) is 0 Å². The lowest BCUT2D eigenvalue weighted by molar-refractivity contribution is 0.0978. The molecule has 1 amide bonds. The fourth-order valence-corrected chi connectivity index (χ4v) is 5.68. The Bertz CT molecular complexity index is 1290. The third-order valence-corrected chi connectivity index (χ3v) is 8.06. The quantitative estimate of drug-likeness (QED) is 0.182. The van der Waals surface area contributed by atoms with Crippen LogP contribution in [-0.2, 0) is 21.2 Å². The van der Waals surface area contributed by atoms with Crippen molar-refractivity contribution in [3.8, 4) is 11.1 Å². The molecule has 0 fully saturated rings. The average Bonchev–Trinajstić information content (AvgIpc) is 2.90. The van der Waals surface area contributed by atoms with Gasteiger partial charge in [-0.25, -0.2) is 13.1 Å². The summed E-state index contributed by atoms with van der Waals surface area (Å²) in [5, 5.41) is 13.8. The molecule has 39 heavy (non-hydrogen) atoms. The molecule has 0 aliphatic carbocycles. The number of aliphatic hydroxyl groups excluding tert-OH is 1. The van der Waals surface area contributed by atoms with Gasteiger partial charge in [0.05, 0.1) is 24.0 Å². The van der Waals surface area contributed by atoms with Crippen LogP contribution in [-0.4, -0.2) is 57.2 Å². The second-order valence-corrected chi connectivity index (χ2v) is 12.7. The third kappa shape index (κ3) is 10.6. The molecule has 3 N–H and O–H groups in total. The average molecular weight is 593 g/mol. The highest BCUT2D eigenvalue weighted by atomic mass is 35.5. The molecule has 0 heterocycles. The van der Waals surface area contributed by atoms with Crippen molar-refractivity contribution in [2.75, 3.05) is 32.6 Å². The van der Waals surface area contributed by atoms with E-state index in [0.717, 1.165) is 34.6 Å². The van der Waals surface area contributed by atoms with Crippen molar-refractivity contribution >= 4 is 40.1 Å². The van der Waals surface area contributed by atoms with Crippen LogP contribution in [0.3, 0.4) is 0 Å². The number of benzene rings is 3. The Morgan fingerprint density at radius 2 is 1.67 bits per heavy atom. The number of halogens is 1. The molecule has 7 nitrogen and oxygen atoms in total. The van der Waals surface area contributed by atoms with Gasteiger partial charge in [0.2, 0.25) is 10.0 Å². The number of rotatable bonds is 14. The summed E-state index contributed by atoms with van der Waals surface area (Å²) < 4.78 is 31.3. The van der Waals surface area contributed by atoms with Gasteiger partial charge in [0.25, 0.3) is 5.91 Å². The van der Waals surface area contributed by atoms with Gasteiger partial charge in [-0.15, -0.1) is 24.2 Å². The molecule has 0 spiro atoms. The number of carbonyl (C=O) groups excluding carboxylic acids is 1. The molecule has 0 bridgehead atoms. The van der Waals surface area contributed by atoms with Gasteiger partial charge in [0.15, 0.2) is 0 Å². The number of carbonyl (C=O) groups is 1. The standard InChI is InChI=1S/C29H36N2O5S2.ClH/c1-21(2)37-28-19-25(13-14-26(28)29(33)31-38(34,35)18-17-36-3)23-11-9-22(10-12-23)15-16-30-20-27(32)24-7-5-4-6-8-24;/h4-14,19,21,27,30,32H,15-18,20H2,1-3H3,(H,31,33);1H/t27-;/m0./s1. The Kier molecular flexibility index (Phi) is 13.5. The first-order valence-electron chi connectivity index (χ1n) is 12.6. The van der Waals surface area contributed by atoms with Crippen molar-refractivity contribution in [1.82, 2.24) is 10.0 Å². The maximum Gasteiger partial charge on any atom is 0.265 e. The summed E-state index contributed by atoms with van der Waals surface area (Å²) in [4.78, 5) is 13.5. The number of amides is 1. The summed E-state index contributed by atoms with van der Waals surface area (Å²) in [6.07, 6.45) is 0.291. The summed E-state index contributed by atoms with van der Waals surface area (Å²) in [6.45, 7) is 5.30. The Morgan fingerprint density at radius 3 is 2.31 bits per heavy atom. The third-order valence-electron chi connectivity index (χ3n) is 5.79. The molecule has 0 saturated heterocycles. The molecule has 1 atom stereocenters. The van der Waals surface area contributed by atoms with E-state index in [4.69, 9.17) is 4.74 Å². The van der Waals surface area contributed by atoms with E-state index in [0.29, 0.717) is 12.1 Å². The van der Waals surface area contributed by atoms with Gasteiger partial charge in [-0.1, -0.05) is 74.5 Å². The zero-order valence-electron chi connectivity index (χ0n) is 22.4. The van der Waals surface area contributed by atoms with Crippen molar-refractivity contribution in [1.29, 1.82) is 0 Å². The molecule has 3 rings (SSSR count). The van der Waals surface area contributed by atoms with Crippen LogP contribution < -0.4 is 10.0 Å². The first-order chi connectivity index (χ1) is 18.2. The molecule has 212 valence electrons. The molecule has 3 aromatic rings. The van der Waals surface area contributed by atoms with Crippen molar-refractivity contribution in [2.45, 2.75) is 36.5 Å². The summed E-state index contributed by atoms with van der Waals surface area (Å²) in [7, 11) is -2.37. The number of nitrogens with one attached hydrogen (secondary N) is 2. The Balaban J connectivity index is 0.00000533. The van der Waals surface area contributed by atoms with Crippen LogP contribution >= 0.6 is 24.2 Å². The molecular formula is C29H37ClN2O5S2. The first-order valence-corrected chi connectivity index (χ1v) is 15.1. The summed E-state index contributed by atoms with van der Waals surface area (Å²) >= 11 is 1.51. The van der Waals surface area contributed by atoms with Gasteiger partial charge < -0.3 is 15.2 Å². The molecule has 0 aliphatic rings. The normalized spacial score (nSPS) is 12.1. The molecule has 0 unspecified atom stereocenters. The van der Waals surface area contributed by atoms with Crippen molar-refractivity contribution in [2.24, 2.45) is 0 Å². The highest BCUT2D eigenvalue weighted by Crippen LogP contribution is 2.32. The van der Waals surface area contributed by atoms with Crippen LogP contribution in [0.1, 0.15) is 41.4 Å². The van der Waals surface area contributed by atoms with Gasteiger partial charge in [-0.3, -0.25) is 4.79 Å². The number of sulfonamides is 1. The molecule has 0 aliphatic heterocycles. The lowest BCUT2D eigenvalue weighted by Crippen LogP contribution is -2.34. The van der Waals surface area contributed by atoms with Crippen LogP contribution in [0.25, 0.3) is 11.1 Å². The van der Waals surface area contributed by atoms with E-state index >= 15 is 0 Å². The van der Waals surface area contributed by atoms with Crippen LogP contribution in [0.15, 0.2) is 77.7 Å².